The molecule has 184 valence electrons. The van der Waals surface area contributed by atoms with Gasteiger partial charge in [-0.25, -0.2) is 0 Å². The van der Waals surface area contributed by atoms with E-state index in [1.54, 1.807) is 25.1 Å². The van der Waals surface area contributed by atoms with Crippen LogP contribution in [0.25, 0.3) is 0 Å². The minimum atomic E-state index is -0.474. The summed E-state index contributed by atoms with van der Waals surface area (Å²) < 4.78 is 2.78. The first-order chi connectivity index (χ1) is 16.6. The third kappa shape index (κ3) is 6.88. The molecule has 35 heavy (non-hydrogen) atoms. The van der Waals surface area contributed by atoms with Crippen LogP contribution in [0.5, 0.6) is 0 Å². The van der Waals surface area contributed by atoms with Crippen LogP contribution >= 0.6 is 50.9 Å². The second-order valence-corrected chi connectivity index (χ2v) is 10.5. The number of nitrogens with one attached hydrogen (secondary N) is 2. The van der Waals surface area contributed by atoms with E-state index in [1.807, 2.05) is 30.5 Å². The zero-order chi connectivity index (χ0) is 25.7. The summed E-state index contributed by atoms with van der Waals surface area (Å²) in [6.07, 6.45) is 1.70. The van der Waals surface area contributed by atoms with Gasteiger partial charge in [0.1, 0.15) is 0 Å². The molecule has 2 amide bonds. The number of aromatic nitrogens is 3. The van der Waals surface area contributed by atoms with E-state index in [9.17, 15) is 9.59 Å². The van der Waals surface area contributed by atoms with E-state index in [-0.39, 0.29) is 22.6 Å². The highest BCUT2D eigenvalue weighted by molar-refractivity contribution is 9.10. The van der Waals surface area contributed by atoms with Crippen LogP contribution in [-0.4, -0.2) is 32.3 Å². The van der Waals surface area contributed by atoms with Crippen molar-refractivity contribution in [2.45, 2.75) is 38.5 Å². The minimum absolute atomic E-state index is 0.144. The summed E-state index contributed by atoms with van der Waals surface area (Å²) in [5.41, 5.74) is 3.04. The zero-order valence-electron chi connectivity index (χ0n) is 19.4. The number of carbonyl (C=O) groups excluding carboxylic acids is 2. The molecule has 0 bridgehead atoms. The third-order valence-electron chi connectivity index (χ3n) is 5.06. The molecule has 0 aliphatic rings. The lowest BCUT2D eigenvalue weighted by atomic mass is 10.1. The van der Waals surface area contributed by atoms with Gasteiger partial charge in [-0.3, -0.25) is 9.59 Å². The summed E-state index contributed by atoms with van der Waals surface area (Å²) in [4.78, 5) is 25.4. The van der Waals surface area contributed by atoms with Gasteiger partial charge in [0.15, 0.2) is 11.0 Å². The van der Waals surface area contributed by atoms with Gasteiger partial charge in [0.2, 0.25) is 5.91 Å². The number of halogens is 3. The number of thioether (sulfide) groups is 1. The lowest BCUT2D eigenvalue weighted by molar-refractivity contribution is -0.113. The summed E-state index contributed by atoms with van der Waals surface area (Å²) >= 11 is 16.8. The van der Waals surface area contributed by atoms with Crippen molar-refractivity contribution in [2.24, 2.45) is 0 Å². The van der Waals surface area contributed by atoms with Gasteiger partial charge >= 0.3 is 0 Å². The SMILES string of the molecule is C=CCn1c(SCC(=O)Nc2c(C)cc(Br)cc2C)nnc1C(C)NC(=O)c1ccc(Cl)cc1Cl. The molecule has 1 unspecified atom stereocenters. The van der Waals surface area contributed by atoms with E-state index < -0.39 is 6.04 Å². The normalized spacial score (nSPS) is 11.7. The molecule has 0 aliphatic carbocycles. The number of hydrogen-bond donors (Lipinski definition) is 2. The summed E-state index contributed by atoms with van der Waals surface area (Å²) in [5, 5.41) is 15.6. The number of carbonyl (C=O) groups is 2. The van der Waals surface area contributed by atoms with Crippen molar-refractivity contribution >= 4 is 68.4 Å². The number of benzene rings is 2. The van der Waals surface area contributed by atoms with Gasteiger partial charge in [-0.1, -0.05) is 57.0 Å². The molecule has 0 aliphatic heterocycles. The number of allylic oxidation sites excluding steroid dienone is 1. The number of hydrogen-bond acceptors (Lipinski definition) is 5. The molecule has 2 N–H and O–H groups in total. The molecule has 11 heteroatoms. The highest BCUT2D eigenvalue weighted by Crippen LogP contribution is 2.27. The highest BCUT2D eigenvalue weighted by Gasteiger charge is 2.21. The molecule has 0 saturated heterocycles. The van der Waals surface area contributed by atoms with Crippen LogP contribution in [0, 0.1) is 13.8 Å². The van der Waals surface area contributed by atoms with Crippen molar-refractivity contribution < 1.29 is 9.59 Å². The molecule has 2 aromatic carbocycles. The van der Waals surface area contributed by atoms with Crippen molar-refractivity contribution in [3.05, 3.63) is 80.0 Å². The fourth-order valence-corrected chi connectivity index (χ4v) is 5.39. The van der Waals surface area contributed by atoms with Gasteiger partial charge in [0.25, 0.3) is 5.91 Å². The highest BCUT2D eigenvalue weighted by atomic mass is 79.9. The van der Waals surface area contributed by atoms with Gasteiger partial charge in [-0.05, 0) is 62.2 Å². The van der Waals surface area contributed by atoms with Crippen LogP contribution in [0.2, 0.25) is 10.0 Å². The molecule has 1 aromatic heterocycles. The Balaban J connectivity index is 1.70. The fourth-order valence-electron chi connectivity index (χ4n) is 3.45. The van der Waals surface area contributed by atoms with Crippen LogP contribution in [0.15, 0.2) is 52.6 Å². The van der Waals surface area contributed by atoms with E-state index in [4.69, 9.17) is 23.2 Å². The Morgan fingerprint density at radius 3 is 2.51 bits per heavy atom. The average molecular weight is 597 g/mol. The van der Waals surface area contributed by atoms with Crippen LogP contribution < -0.4 is 10.6 Å². The van der Waals surface area contributed by atoms with Crippen molar-refractivity contribution in [3.8, 4) is 0 Å². The molecule has 7 nitrogen and oxygen atoms in total. The topological polar surface area (TPSA) is 88.9 Å². The van der Waals surface area contributed by atoms with Crippen molar-refractivity contribution in [1.29, 1.82) is 0 Å². The third-order valence-corrected chi connectivity index (χ3v) is 7.03. The summed E-state index contributed by atoms with van der Waals surface area (Å²) in [5.74, 6) is 0.162. The van der Waals surface area contributed by atoms with Crippen LogP contribution in [0.4, 0.5) is 5.69 Å². The Morgan fingerprint density at radius 1 is 1.20 bits per heavy atom. The first-order valence-corrected chi connectivity index (χ1v) is 13.1. The quantitative estimate of drug-likeness (QED) is 0.221. The largest absolute Gasteiger partial charge is 0.342 e. The van der Waals surface area contributed by atoms with Crippen molar-refractivity contribution in [2.75, 3.05) is 11.1 Å². The van der Waals surface area contributed by atoms with Crippen LogP contribution in [0.3, 0.4) is 0 Å². The first-order valence-electron chi connectivity index (χ1n) is 10.6. The predicted octanol–water partition coefficient (Wildman–Crippen LogP) is 6.37. The molecule has 3 rings (SSSR count). The number of rotatable bonds is 9. The molecule has 1 heterocycles. The van der Waals surface area contributed by atoms with E-state index >= 15 is 0 Å². The zero-order valence-corrected chi connectivity index (χ0v) is 23.3. The Morgan fingerprint density at radius 2 is 1.89 bits per heavy atom. The second-order valence-electron chi connectivity index (χ2n) is 7.81. The number of amides is 2. The van der Waals surface area contributed by atoms with Gasteiger partial charge in [-0.15, -0.1) is 16.8 Å². The standard InChI is InChI=1S/C24H24BrCl2N5O2S/c1-5-8-32-22(15(4)28-23(34)18-7-6-17(26)11-19(18)27)30-31-24(32)35-12-20(33)29-21-13(2)9-16(25)10-14(21)3/h5-7,9-11,15H,1,8,12H2,2-4H3,(H,28,34)(H,29,33). The van der Waals surface area contributed by atoms with E-state index in [2.05, 4.69) is 43.3 Å². The fraction of sp³-hybridized carbons (Fsp3) is 0.250. The van der Waals surface area contributed by atoms with E-state index in [1.165, 1.54) is 17.8 Å². The summed E-state index contributed by atoms with van der Waals surface area (Å²) in [6, 6.07) is 8.11. The monoisotopic (exact) mass is 595 g/mol. The smallest absolute Gasteiger partial charge is 0.253 e. The molecular weight excluding hydrogens is 573 g/mol. The molecule has 1 atom stereocenters. The molecule has 3 aromatic rings. The van der Waals surface area contributed by atoms with Gasteiger partial charge in [0, 0.05) is 21.7 Å². The minimum Gasteiger partial charge on any atom is -0.342 e. The lowest BCUT2D eigenvalue weighted by Crippen LogP contribution is -2.29. The van der Waals surface area contributed by atoms with Crippen LogP contribution in [0.1, 0.15) is 40.3 Å². The number of nitrogens with zero attached hydrogens (tertiary/aromatic N) is 3. The lowest BCUT2D eigenvalue weighted by Gasteiger charge is -2.16. The van der Waals surface area contributed by atoms with Gasteiger partial charge in [-0.2, -0.15) is 0 Å². The maximum Gasteiger partial charge on any atom is 0.253 e. The Kier molecular flexibility index (Phi) is 9.40. The Hall–Kier alpha value is -2.33. The number of aryl methyl sites for hydroxylation is 2. The van der Waals surface area contributed by atoms with E-state index in [0.29, 0.717) is 28.1 Å². The summed E-state index contributed by atoms with van der Waals surface area (Å²) in [6.45, 7) is 9.90. The Labute approximate surface area is 226 Å². The molecule has 0 saturated carbocycles. The van der Waals surface area contributed by atoms with Crippen LogP contribution in [-0.2, 0) is 11.3 Å². The molecular formula is C24H24BrCl2N5O2S. The van der Waals surface area contributed by atoms with Gasteiger partial charge < -0.3 is 15.2 Å². The maximum absolute atomic E-state index is 12.7. The predicted molar refractivity (Wildman–Crippen MR) is 146 cm³/mol. The molecule has 0 fully saturated rings. The van der Waals surface area contributed by atoms with E-state index in [0.717, 1.165) is 21.3 Å². The maximum atomic E-state index is 12.7. The summed E-state index contributed by atoms with van der Waals surface area (Å²) in [7, 11) is 0. The molecule has 0 radical (unpaired) electrons. The average Bonchev–Trinajstić information content (AvgIpc) is 3.17. The van der Waals surface area contributed by atoms with Crippen molar-refractivity contribution in [3.63, 3.8) is 0 Å². The Bertz CT molecular complexity index is 1260. The van der Waals surface area contributed by atoms with Gasteiger partial charge in [0.05, 0.1) is 22.4 Å². The first kappa shape index (κ1) is 27.3. The molecule has 0 spiro atoms. The number of anilines is 1. The van der Waals surface area contributed by atoms with Crippen molar-refractivity contribution in [1.82, 2.24) is 20.1 Å². The second kappa shape index (κ2) is 12.1.